The standard InChI is InChI=1S/C26H37BO3Si/c1-24(2,3)31(19-13-9-7-10-14-19,20-15-11-8-12-16-20)29-18-26-17-25(4,5)21(22(26)28-6)23(27)30-26/h7-16,21-23H,17-18,27H2,1-6H3/t21-,22+,23-,26-/m1/s1. The van der Waals surface area contributed by atoms with Crippen LogP contribution in [0, 0.1) is 11.3 Å². The molecule has 2 aliphatic rings. The van der Waals surface area contributed by atoms with Crippen LogP contribution in [0.25, 0.3) is 0 Å². The lowest BCUT2D eigenvalue weighted by molar-refractivity contribution is -0.116. The van der Waals surface area contributed by atoms with Gasteiger partial charge in [-0.1, -0.05) is 95.3 Å². The van der Waals surface area contributed by atoms with Gasteiger partial charge in [-0.3, -0.25) is 0 Å². The van der Waals surface area contributed by atoms with Crippen LogP contribution in [0.4, 0.5) is 0 Å². The maximum Gasteiger partial charge on any atom is 0.261 e. The summed E-state index contributed by atoms with van der Waals surface area (Å²) in [7, 11) is 1.42. The van der Waals surface area contributed by atoms with Crippen molar-refractivity contribution in [2.45, 2.75) is 63.8 Å². The molecule has 2 aromatic rings. The molecule has 0 spiro atoms. The Morgan fingerprint density at radius 1 is 1.00 bits per heavy atom. The molecule has 1 saturated heterocycles. The number of methoxy groups -OCH3 is 1. The van der Waals surface area contributed by atoms with Crippen molar-refractivity contribution in [3.63, 3.8) is 0 Å². The highest BCUT2D eigenvalue weighted by Crippen LogP contribution is 2.58. The Labute approximate surface area is 190 Å². The van der Waals surface area contributed by atoms with Crippen LogP contribution in [-0.4, -0.2) is 47.6 Å². The zero-order valence-corrected chi connectivity index (χ0v) is 21.1. The van der Waals surface area contributed by atoms with Gasteiger partial charge < -0.3 is 13.9 Å². The average molecular weight is 436 g/mol. The number of rotatable bonds is 6. The fourth-order valence-corrected chi connectivity index (χ4v) is 11.3. The molecule has 3 nitrogen and oxygen atoms in total. The molecule has 0 N–H and O–H groups in total. The van der Waals surface area contributed by atoms with Gasteiger partial charge in [0.1, 0.15) is 13.4 Å². The third kappa shape index (κ3) is 3.54. The molecule has 1 saturated carbocycles. The molecule has 0 aromatic heterocycles. The fraction of sp³-hybridized carbons (Fsp3) is 0.538. The second-order valence-electron chi connectivity index (χ2n) is 11.2. The van der Waals surface area contributed by atoms with E-state index in [-0.39, 0.29) is 22.6 Å². The Hall–Kier alpha value is -1.40. The van der Waals surface area contributed by atoms with Crippen molar-refractivity contribution in [2.75, 3.05) is 13.7 Å². The Kier molecular flexibility index (Phi) is 5.79. The minimum atomic E-state index is -2.61. The summed E-state index contributed by atoms with van der Waals surface area (Å²) in [6.07, 6.45) is 1.03. The van der Waals surface area contributed by atoms with E-state index in [0.717, 1.165) is 6.42 Å². The molecule has 0 radical (unpaired) electrons. The van der Waals surface area contributed by atoms with Gasteiger partial charge in [0.25, 0.3) is 8.32 Å². The third-order valence-electron chi connectivity index (χ3n) is 7.63. The van der Waals surface area contributed by atoms with E-state index in [0.29, 0.717) is 12.5 Å². The highest BCUT2D eigenvalue weighted by atomic mass is 28.4. The summed E-state index contributed by atoms with van der Waals surface area (Å²) >= 11 is 0. The van der Waals surface area contributed by atoms with E-state index in [1.807, 2.05) is 7.11 Å². The quantitative estimate of drug-likeness (QED) is 0.650. The minimum absolute atomic E-state index is 0.0489. The molecule has 2 aromatic carbocycles. The molecule has 4 rings (SSSR count). The van der Waals surface area contributed by atoms with E-state index >= 15 is 0 Å². The molecule has 166 valence electrons. The SMILES string of the molecule is B[C@@H]1O[C@@]2(CO[Si](c3ccccc3)(c3ccccc3)C(C)(C)C)CC(C)(C)[C@@H]1[C@@H]2OC. The zero-order valence-electron chi connectivity index (χ0n) is 20.1. The van der Waals surface area contributed by atoms with Gasteiger partial charge >= 0.3 is 0 Å². The zero-order chi connectivity index (χ0) is 22.5. The van der Waals surface area contributed by atoms with Crippen molar-refractivity contribution in [1.82, 2.24) is 0 Å². The molecular formula is C26H37BO3Si. The lowest BCUT2D eigenvalue weighted by Crippen LogP contribution is -2.68. The first kappa shape index (κ1) is 22.8. The van der Waals surface area contributed by atoms with Crippen LogP contribution >= 0.6 is 0 Å². The summed E-state index contributed by atoms with van der Waals surface area (Å²) < 4.78 is 20.0. The number of ether oxygens (including phenoxy) is 2. The molecule has 1 heterocycles. The fourth-order valence-electron chi connectivity index (χ4n) is 6.68. The summed E-state index contributed by atoms with van der Waals surface area (Å²) in [5, 5.41) is 2.56. The van der Waals surface area contributed by atoms with Gasteiger partial charge in [0.05, 0.1) is 12.7 Å². The number of benzene rings is 2. The van der Waals surface area contributed by atoms with Crippen LogP contribution < -0.4 is 10.4 Å². The summed E-state index contributed by atoms with van der Waals surface area (Å²) in [4.78, 5) is 0. The molecule has 2 bridgehead atoms. The molecule has 0 unspecified atom stereocenters. The summed E-state index contributed by atoms with van der Waals surface area (Å²) in [6, 6.07) is 21.9. The molecule has 31 heavy (non-hydrogen) atoms. The van der Waals surface area contributed by atoms with Gasteiger partial charge in [0.15, 0.2) is 0 Å². The van der Waals surface area contributed by atoms with Crippen molar-refractivity contribution in [2.24, 2.45) is 11.3 Å². The van der Waals surface area contributed by atoms with Gasteiger partial charge in [0, 0.05) is 19.0 Å². The second-order valence-corrected chi connectivity index (χ2v) is 15.5. The third-order valence-corrected chi connectivity index (χ3v) is 12.6. The Bertz CT molecular complexity index is 856. The molecule has 0 amide bonds. The molecule has 2 fully saturated rings. The van der Waals surface area contributed by atoms with Crippen molar-refractivity contribution < 1.29 is 13.9 Å². The topological polar surface area (TPSA) is 27.7 Å². The normalized spacial score (nSPS) is 29.9. The highest BCUT2D eigenvalue weighted by Gasteiger charge is 2.67. The van der Waals surface area contributed by atoms with E-state index in [2.05, 4.69) is 103 Å². The first-order valence-electron chi connectivity index (χ1n) is 11.5. The Morgan fingerprint density at radius 3 is 1.94 bits per heavy atom. The summed E-state index contributed by atoms with van der Waals surface area (Å²) in [6.45, 7) is 12.2. The van der Waals surface area contributed by atoms with E-state index in [4.69, 9.17) is 13.9 Å². The predicted octanol–water partition coefficient (Wildman–Crippen LogP) is 3.35. The van der Waals surface area contributed by atoms with Crippen LogP contribution in [0.2, 0.25) is 5.04 Å². The monoisotopic (exact) mass is 436 g/mol. The molecular weight excluding hydrogens is 399 g/mol. The maximum absolute atomic E-state index is 7.28. The van der Waals surface area contributed by atoms with Crippen LogP contribution in [0.15, 0.2) is 60.7 Å². The van der Waals surface area contributed by atoms with Crippen molar-refractivity contribution in [3.05, 3.63) is 60.7 Å². The summed E-state index contributed by atoms with van der Waals surface area (Å²) in [5.74, 6) is 0.389. The number of hydrogen-bond donors (Lipinski definition) is 0. The predicted molar refractivity (Wildman–Crippen MR) is 132 cm³/mol. The van der Waals surface area contributed by atoms with Crippen LogP contribution in [0.3, 0.4) is 0 Å². The number of fused-ring (bicyclic) bond motifs is 2. The lowest BCUT2D eigenvalue weighted by Gasteiger charge is -2.46. The summed E-state index contributed by atoms with van der Waals surface area (Å²) in [5.41, 5.74) is -0.220. The first-order chi connectivity index (χ1) is 14.6. The average Bonchev–Trinajstić information content (AvgIpc) is 3.12. The molecule has 5 heteroatoms. The van der Waals surface area contributed by atoms with Gasteiger partial charge in [-0.25, -0.2) is 0 Å². The van der Waals surface area contributed by atoms with Crippen molar-refractivity contribution in [1.29, 1.82) is 0 Å². The van der Waals surface area contributed by atoms with Crippen molar-refractivity contribution in [3.8, 4) is 0 Å². The minimum Gasteiger partial charge on any atom is -0.404 e. The van der Waals surface area contributed by atoms with Crippen LogP contribution in [0.1, 0.15) is 41.0 Å². The van der Waals surface area contributed by atoms with Crippen LogP contribution in [-0.2, 0) is 13.9 Å². The highest BCUT2D eigenvalue weighted by molar-refractivity contribution is 6.99. The van der Waals surface area contributed by atoms with E-state index in [1.54, 1.807) is 0 Å². The first-order valence-corrected chi connectivity index (χ1v) is 13.4. The van der Waals surface area contributed by atoms with Gasteiger partial charge in [-0.05, 0) is 27.2 Å². The van der Waals surface area contributed by atoms with E-state index in [1.165, 1.54) is 10.4 Å². The maximum atomic E-state index is 7.28. The smallest absolute Gasteiger partial charge is 0.261 e. The van der Waals surface area contributed by atoms with E-state index < -0.39 is 13.9 Å². The molecule has 4 atom stereocenters. The van der Waals surface area contributed by atoms with Gasteiger partial charge in [0.2, 0.25) is 0 Å². The van der Waals surface area contributed by atoms with Gasteiger partial charge in [-0.15, -0.1) is 0 Å². The van der Waals surface area contributed by atoms with Crippen LogP contribution in [0.5, 0.6) is 0 Å². The van der Waals surface area contributed by atoms with E-state index in [9.17, 15) is 0 Å². The Balaban J connectivity index is 1.80. The molecule has 1 aliphatic carbocycles. The van der Waals surface area contributed by atoms with Crippen molar-refractivity contribution >= 4 is 26.5 Å². The number of hydrogen-bond acceptors (Lipinski definition) is 3. The Morgan fingerprint density at radius 2 is 1.52 bits per heavy atom. The second kappa shape index (κ2) is 7.88. The molecule has 1 aliphatic heterocycles. The largest absolute Gasteiger partial charge is 0.404 e. The lowest BCUT2D eigenvalue weighted by atomic mass is 9.71. The van der Waals surface area contributed by atoms with Gasteiger partial charge in [-0.2, -0.15) is 0 Å².